The molecule has 8 heteroatoms. The van der Waals surface area contributed by atoms with E-state index >= 15 is 0 Å². The Labute approximate surface area is 168 Å². The van der Waals surface area contributed by atoms with Crippen LogP contribution in [0.2, 0.25) is 0 Å². The van der Waals surface area contributed by atoms with Crippen LogP contribution >= 0.6 is 11.3 Å². The van der Waals surface area contributed by atoms with E-state index in [0.29, 0.717) is 28.7 Å². The molecule has 3 N–H and O–H groups in total. The van der Waals surface area contributed by atoms with Crippen LogP contribution in [0, 0.1) is 12.3 Å². The summed E-state index contributed by atoms with van der Waals surface area (Å²) >= 11 is 1.24. The van der Waals surface area contributed by atoms with E-state index in [1.807, 2.05) is 33.8 Å². The van der Waals surface area contributed by atoms with Crippen LogP contribution in [0.3, 0.4) is 0 Å². The summed E-state index contributed by atoms with van der Waals surface area (Å²) < 4.78 is 0. The van der Waals surface area contributed by atoms with Crippen molar-refractivity contribution in [3.05, 3.63) is 40.8 Å². The van der Waals surface area contributed by atoms with E-state index in [0.717, 1.165) is 11.3 Å². The molecule has 1 aromatic carbocycles. The van der Waals surface area contributed by atoms with Crippen LogP contribution in [0.1, 0.15) is 36.0 Å². The van der Waals surface area contributed by atoms with E-state index < -0.39 is 5.41 Å². The first kappa shape index (κ1) is 19.9. The number of hydrogen-bond donors (Lipinski definition) is 3. The van der Waals surface area contributed by atoms with Crippen LogP contribution in [0.5, 0.6) is 0 Å². The third-order valence-electron chi connectivity index (χ3n) is 4.31. The third-order valence-corrected chi connectivity index (χ3v) is 5.47. The van der Waals surface area contributed by atoms with Crippen molar-refractivity contribution < 1.29 is 14.4 Å². The van der Waals surface area contributed by atoms with E-state index in [1.54, 1.807) is 29.2 Å². The number of nitrogens with zero attached hydrogens (tertiary/aromatic N) is 1. The minimum atomic E-state index is -0.511. The van der Waals surface area contributed by atoms with Crippen molar-refractivity contribution in [1.29, 1.82) is 0 Å². The van der Waals surface area contributed by atoms with Crippen molar-refractivity contribution in [2.45, 2.75) is 27.7 Å². The van der Waals surface area contributed by atoms with E-state index in [1.165, 1.54) is 11.3 Å². The average molecular weight is 401 g/mol. The number of rotatable bonds is 4. The molecule has 1 aliphatic rings. The van der Waals surface area contributed by atoms with Gasteiger partial charge in [-0.1, -0.05) is 26.8 Å². The van der Waals surface area contributed by atoms with E-state index in [2.05, 4.69) is 16.0 Å². The zero-order valence-corrected chi connectivity index (χ0v) is 17.2. The summed E-state index contributed by atoms with van der Waals surface area (Å²) in [5, 5.41) is 9.14. The van der Waals surface area contributed by atoms with Crippen molar-refractivity contribution in [3.8, 4) is 0 Å². The van der Waals surface area contributed by atoms with Crippen molar-refractivity contribution in [3.63, 3.8) is 0 Å². The van der Waals surface area contributed by atoms with Gasteiger partial charge in [0, 0.05) is 29.9 Å². The van der Waals surface area contributed by atoms with Gasteiger partial charge >= 0.3 is 6.03 Å². The Bertz CT molecular complexity index is 930. The third kappa shape index (κ3) is 4.33. The predicted octanol–water partition coefficient (Wildman–Crippen LogP) is 3.82. The number of amides is 4. The van der Waals surface area contributed by atoms with Gasteiger partial charge in [0.2, 0.25) is 5.91 Å². The molecule has 148 valence electrons. The van der Waals surface area contributed by atoms with E-state index in [4.69, 9.17) is 0 Å². The maximum absolute atomic E-state index is 12.7. The van der Waals surface area contributed by atoms with Gasteiger partial charge in [-0.05, 0) is 36.8 Å². The van der Waals surface area contributed by atoms with Crippen molar-refractivity contribution in [1.82, 2.24) is 5.32 Å². The molecule has 1 fully saturated rings. The number of aryl methyl sites for hydroxylation is 1. The van der Waals surface area contributed by atoms with Crippen LogP contribution in [0.25, 0.3) is 0 Å². The lowest BCUT2D eigenvalue weighted by atomic mass is 9.96. The summed E-state index contributed by atoms with van der Waals surface area (Å²) in [5.74, 6) is -0.348. The number of nitrogens with one attached hydrogen (secondary N) is 3. The molecule has 3 rings (SSSR count). The fraction of sp³-hybridized carbons (Fsp3) is 0.350. The molecule has 0 spiro atoms. The normalized spacial score (nSPS) is 14.0. The van der Waals surface area contributed by atoms with Gasteiger partial charge in [-0.15, -0.1) is 11.3 Å². The fourth-order valence-corrected chi connectivity index (χ4v) is 3.69. The second kappa shape index (κ2) is 7.63. The molecule has 28 heavy (non-hydrogen) atoms. The molecule has 0 atom stereocenters. The highest BCUT2D eigenvalue weighted by molar-refractivity contribution is 7.18. The smallest absolute Gasteiger partial charge is 0.321 e. The molecule has 0 aliphatic carbocycles. The molecular weight excluding hydrogens is 376 g/mol. The molecule has 0 saturated carbocycles. The second-order valence-corrected chi connectivity index (χ2v) is 8.77. The van der Waals surface area contributed by atoms with Crippen molar-refractivity contribution >= 4 is 45.6 Å². The summed E-state index contributed by atoms with van der Waals surface area (Å²) in [7, 11) is 0. The largest absolute Gasteiger partial charge is 0.336 e. The zero-order chi connectivity index (χ0) is 20.5. The van der Waals surface area contributed by atoms with E-state index in [-0.39, 0.29) is 17.8 Å². The average Bonchev–Trinajstić information content (AvgIpc) is 3.19. The summed E-state index contributed by atoms with van der Waals surface area (Å²) in [6.07, 6.45) is 0. The quantitative estimate of drug-likeness (QED) is 0.729. The highest BCUT2D eigenvalue weighted by Gasteiger charge is 2.24. The molecule has 1 aliphatic heterocycles. The molecule has 2 aromatic rings. The van der Waals surface area contributed by atoms with Gasteiger partial charge in [0.25, 0.3) is 5.91 Å². The molecule has 0 unspecified atom stereocenters. The van der Waals surface area contributed by atoms with Crippen LogP contribution < -0.4 is 20.9 Å². The lowest BCUT2D eigenvalue weighted by Crippen LogP contribution is -2.27. The van der Waals surface area contributed by atoms with E-state index in [9.17, 15) is 14.4 Å². The topological polar surface area (TPSA) is 90.5 Å². The maximum Gasteiger partial charge on any atom is 0.321 e. The zero-order valence-electron chi connectivity index (χ0n) is 16.4. The summed E-state index contributed by atoms with van der Waals surface area (Å²) in [4.78, 5) is 38.9. The number of benzene rings is 1. The number of hydrogen-bond acceptors (Lipinski definition) is 4. The molecule has 0 bridgehead atoms. The van der Waals surface area contributed by atoms with Crippen LogP contribution in [-0.2, 0) is 4.79 Å². The van der Waals surface area contributed by atoms with Crippen LogP contribution in [0.4, 0.5) is 21.2 Å². The number of carbonyl (C=O) groups excluding carboxylic acids is 3. The van der Waals surface area contributed by atoms with Crippen LogP contribution in [0.15, 0.2) is 30.3 Å². The van der Waals surface area contributed by atoms with Gasteiger partial charge in [0.1, 0.15) is 0 Å². The lowest BCUT2D eigenvalue weighted by molar-refractivity contribution is -0.123. The van der Waals surface area contributed by atoms with Gasteiger partial charge in [-0.2, -0.15) is 0 Å². The monoisotopic (exact) mass is 400 g/mol. The minimum Gasteiger partial charge on any atom is -0.336 e. The number of urea groups is 1. The molecule has 1 saturated heterocycles. The number of anilines is 3. The van der Waals surface area contributed by atoms with Gasteiger partial charge in [0.15, 0.2) is 0 Å². The van der Waals surface area contributed by atoms with Crippen molar-refractivity contribution in [2.75, 3.05) is 28.6 Å². The molecule has 4 amide bonds. The Morgan fingerprint density at radius 1 is 1.18 bits per heavy atom. The first-order valence-corrected chi connectivity index (χ1v) is 9.85. The highest BCUT2D eigenvalue weighted by Crippen LogP contribution is 2.29. The molecule has 0 radical (unpaired) electrons. The minimum absolute atomic E-state index is 0.0997. The SMILES string of the molecule is Cc1cc(NC(=O)C(C)(C)C)sc1C(=O)Nc1cccc(N2CCNC2=O)c1. The number of carbonyl (C=O) groups is 3. The van der Waals surface area contributed by atoms with Gasteiger partial charge in [-0.25, -0.2) is 4.79 Å². The van der Waals surface area contributed by atoms with Gasteiger partial charge in [0.05, 0.1) is 9.88 Å². The second-order valence-electron chi connectivity index (χ2n) is 7.71. The highest BCUT2D eigenvalue weighted by atomic mass is 32.1. The first-order chi connectivity index (χ1) is 13.1. The van der Waals surface area contributed by atoms with Gasteiger partial charge in [-0.3, -0.25) is 14.5 Å². The Morgan fingerprint density at radius 2 is 1.93 bits per heavy atom. The number of thiophene rings is 1. The van der Waals surface area contributed by atoms with Gasteiger partial charge < -0.3 is 16.0 Å². The summed E-state index contributed by atoms with van der Waals surface area (Å²) in [5.41, 5.74) is 1.62. The summed E-state index contributed by atoms with van der Waals surface area (Å²) in [6.45, 7) is 8.55. The first-order valence-electron chi connectivity index (χ1n) is 9.04. The molecule has 2 heterocycles. The standard InChI is InChI=1S/C20H24N4O3S/c1-12-10-15(23-18(26)20(2,3)4)28-16(12)17(25)22-13-6-5-7-14(11-13)24-9-8-21-19(24)27/h5-7,10-11H,8-9H2,1-4H3,(H,21,27)(H,22,25)(H,23,26). The van der Waals surface area contributed by atoms with Crippen molar-refractivity contribution in [2.24, 2.45) is 5.41 Å². The Kier molecular flexibility index (Phi) is 5.42. The predicted molar refractivity (Wildman–Crippen MR) is 112 cm³/mol. The Balaban J connectivity index is 1.73. The maximum atomic E-state index is 12.7. The fourth-order valence-electron chi connectivity index (χ4n) is 2.73. The Morgan fingerprint density at radius 3 is 2.57 bits per heavy atom. The molecule has 1 aromatic heterocycles. The molecular formula is C20H24N4O3S. The summed E-state index contributed by atoms with van der Waals surface area (Å²) in [6, 6.07) is 8.84. The lowest BCUT2D eigenvalue weighted by Gasteiger charge is -2.16. The Hall–Kier alpha value is -2.87. The van der Waals surface area contributed by atoms with Crippen LogP contribution in [-0.4, -0.2) is 30.9 Å². The molecule has 7 nitrogen and oxygen atoms in total.